The maximum atomic E-state index is 11.8. The highest BCUT2D eigenvalue weighted by Gasteiger charge is 2.36. The van der Waals surface area contributed by atoms with E-state index in [1.54, 1.807) is 12.0 Å². The van der Waals surface area contributed by atoms with Crippen LogP contribution in [0, 0.1) is 0 Å². The van der Waals surface area contributed by atoms with Crippen molar-refractivity contribution in [1.82, 2.24) is 10.2 Å². The molecule has 1 aliphatic rings. The summed E-state index contributed by atoms with van der Waals surface area (Å²) in [6, 6.07) is 0.178. The number of rotatable bonds is 2. The van der Waals surface area contributed by atoms with Crippen LogP contribution < -0.4 is 5.32 Å². The number of methoxy groups -OCH3 is 1. The molecule has 0 radical (unpaired) electrons. The molecule has 1 rings (SSSR count). The first kappa shape index (κ1) is 13.3. The number of nitrogens with one attached hydrogen (secondary N) is 1. The number of likely N-dealkylation sites (N-methyl/N-ethyl adjacent to an activating group) is 1. The van der Waals surface area contributed by atoms with Gasteiger partial charge >= 0.3 is 6.09 Å². The molecule has 0 bridgehead atoms. The molecule has 1 amide bonds. The highest BCUT2D eigenvalue weighted by molar-refractivity contribution is 5.68. The fourth-order valence-electron chi connectivity index (χ4n) is 1.77. The number of ether oxygens (including phenoxy) is 2. The summed E-state index contributed by atoms with van der Waals surface area (Å²) in [4.78, 5) is 13.5. The Morgan fingerprint density at radius 2 is 2.00 bits per heavy atom. The first-order chi connectivity index (χ1) is 7.37. The van der Waals surface area contributed by atoms with Crippen LogP contribution >= 0.6 is 0 Å². The Balaban J connectivity index is 2.54. The summed E-state index contributed by atoms with van der Waals surface area (Å²) in [7, 11) is 3.53. The van der Waals surface area contributed by atoms with E-state index in [0.717, 1.165) is 0 Å². The van der Waals surface area contributed by atoms with Crippen molar-refractivity contribution in [2.45, 2.75) is 38.5 Å². The van der Waals surface area contributed by atoms with Crippen LogP contribution in [0.1, 0.15) is 20.8 Å². The fourth-order valence-corrected chi connectivity index (χ4v) is 1.77. The monoisotopic (exact) mass is 230 g/mol. The highest BCUT2D eigenvalue weighted by Crippen LogP contribution is 2.17. The second-order valence-electron chi connectivity index (χ2n) is 5.05. The number of hydrogen-bond acceptors (Lipinski definition) is 4. The third-order valence-corrected chi connectivity index (χ3v) is 2.59. The number of nitrogens with zero attached hydrogens (tertiary/aromatic N) is 1. The molecule has 16 heavy (non-hydrogen) atoms. The van der Waals surface area contributed by atoms with Gasteiger partial charge < -0.3 is 19.7 Å². The standard InChI is InChI=1S/C11H22N2O3/c1-11(2,3)16-10(14)13-6-8(12-4)9(7-13)15-5/h8-9,12H,6-7H2,1-5H3/t8-,9+/m1/s1. The zero-order valence-corrected chi connectivity index (χ0v) is 10.7. The van der Waals surface area contributed by atoms with E-state index in [1.165, 1.54) is 0 Å². The highest BCUT2D eigenvalue weighted by atomic mass is 16.6. The Labute approximate surface area is 97.1 Å². The van der Waals surface area contributed by atoms with E-state index in [9.17, 15) is 4.79 Å². The van der Waals surface area contributed by atoms with Crippen molar-refractivity contribution in [3.8, 4) is 0 Å². The van der Waals surface area contributed by atoms with Crippen LogP contribution in [0.2, 0.25) is 0 Å². The summed E-state index contributed by atoms with van der Waals surface area (Å²) in [5, 5.41) is 3.14. The average Bonchev–Trinajstić information content (AvgIpc) is 2.57. The Morgan fingerprint density at radius 1 is 1.38 bits per heavy atom. The van der Waals surface area contributed by atoms with Crippen LogP contribution in [0.5, 0.6) is 0 Å². The molecule has 0 spiro atoms. The normalized spacial score (nSPS) is 25.9. The Morgan fingerprint density at radius 3 is 2.38 bits per heavy atom. The largest absolute Gasteiger partial charge is 0.444 e. The van der Waals surface area contributed by atoms with Gasteiger partial charge in [0.1, 0.15) is 5.60 Å². The van der Waals surface area contributed by atoms with Gasteiger partial charge in [-0.15, -0.1) is 0 Å². The van der Waals surface area contributed by atoms with Crippen molar-refractivity contribution in [2.75, 3.05) is 27.2 Å². The lowest BCUT2D eigenvalue weighted by atomic mass is 10.2. The fraction of sp³-hybridized carbons (Fsp3) is 0.909. The van der Waals surface area contributed by atoms with Gasteiger partial charge in [-0.05, 0) is 27.8 Å². The Bertz CT molecular complexity index is 238. The van der Waals surface area contributed by atoms with Gasteiger partial charge in [0.2, 0.25) is 0 Å². The third-order valence-electron chi connectivity index (χ3n) is 2.59. The van der Waals surface area contributed by atoms with Gasteiger partial charge in [0, 0.05) is 13.7 Å². The predicted octanol–water partition coefficient (Wildman–Crippen LogP) is 0.840. The van der Waals surface area contributed by atoms with Crippen LogP contribution in [0.3, 0.4) is 0 Å². The van der Waals surface area contributed by atoms with E-state index in [2.05, 4.69) is 5.32 Å². The van der Waals surface area contributed by atoms with Crippen molar-refractivity contribution in [1.29, 1.82) is 0 Å². The van der Waals surface area contributed by atoms with Crippen molar-refractivity contribution in [2.24, 2.45) is 0 Å². The molecule has 94 valence electrons. The molecule has 2 atom stereocenters. The molecule has 1 aliphatic heterocycles. The molecule has 0 aromatic carbocycles. The molecule has 1 fully saturated rings. The lowest BCUT2D eigenvalue weighted by Crippen LogP contribution is -2.38. The van der Waals surface area contributed by atoms with Gasteiger partial charge in [0.25, 0.3) is 0 Å². The molecule has 1 N–H and O–H groups in total. The van der Waals surface area contributed by atoms with Crippen LogP contribution in [0.15, 0.2) is 0 Å². The van der Waals surface area contributed by atoms with E-state index in [-0.39, 0.29) is 18.2 Å². The molecular weight excluding hydrogens is 208 g/mol. The minimum Gasteiger partial charge on any atom is -0.444 e. The first-order valence-electron chi connectivity index (χ1n) is 5.55. The zero-order chi connectivity index (χ0) is 12.3. The zero-order valence-electron chi connectivity index (χ0n) is 10.7. The summed E-state index contributed by atoms with van der Waals surface area (Å²) in [6.45, 7) is 6.81. The maximum Gasteiger partial charge on any atom is 0.410 e. The SMILES string of the molecule is CN[C@@H]1CN(C(=O)OC(C)(C)C)C[C@@H]1OC. The number of amides is 1. The van der Waals surface area contributed by atoms with Crippen molar-refractivity contribution < 1.29 is 14.3 Å². The third kappa shape index (κ3) is 3.35. The van der Waals surface area contributed by atoms with Crippen LogP contribution in [0.4, 0.5) is 4.79 Å². The summed E-state index contributed by atoms with van der Waals surface area (Å²) in [5.74, 6) is 0. The van der Waals surface area contributed by atoms with Crippen molar-refractivity contribution in [3.05, 3.63) is 0 Å². The van der Waals surface area contributed by atoms with Gasteiger partial charge in [0.05, 0.1) is 18.7 Å². The van der Waals surface area contributed by atoms with Gasteiger partial charge in [-0.3, -0.25) is 0 Å². The van der Waals surface area contributed by atoms with E-state index in [0.29, 0.717) is 13.1 Å². The summed E-state index contributed by atoms with van der Waals surface area (Å²) < 4.78 is 10.6. The molecule has 1 heterocycles. The Hall–Kier alpha value is -0.810. The van der Waals surface area contributed by atoms with E-state index in [4.69, 9.17) is 9.47 Å². The summed E-state index contributed by atoms with van der Waals surface area (Å²) in [6.07, 6.45) is -0.232. The molecule has 0 unspecified atom stereocenters. The van der Waals surface area contributed by atoms with Gasteiger partial charge in [-0.2, -0.15) is 0 Å². The summed E-state index contributed by atoms with van der Waals surface area (Å²) >= 11 is 0. The van der Waals surface area contributed by atoms with Crippen molar-refractivity contribution >= 4 is 6.09 Å². The lowest BCUT2D eigenvalue weighted by Gasteiger charge is -2.24. The lowest BCUT2D eigenvalue weighted by molar-refractivity contribution is 0.0252. The molecule has 0 aliphatic carbocycles. The van der Waals surface area contributed by atoms with Crippen LogP contribution in [-0.2, 0) is 9.47 Å². The van der Waals surface area contributed by atoms with Gasteiger partial charge in [-0.25, -0.2) is 4.79 Å². The molecule has 0 aromatic rings. The molecule has 5 heteroatoms. The average molecular weight is 230 g/mol. The number of carbonyl (C=O) groups excluding carboxylic acids is 1. The second-order valence-corrected chi connectivity index (χ2v) is 5.05. The number of hydrogen-bond donors (Lipinski definition) is 1. The molecule has 1 saturated heterocycles. The van der Waals surface area contributed by atoms with E-state index in [1.807, 2.05) is 27.8 Å². The summed E-state index contributed by atoms with van der Waals surface area (Å²) in [5.41, 5.74) is -0.447. The molecule has 0 aromatic heterocycles. The second kappa shape index (κ2) is 5.01. The molecule has 0 saturated carbocycles. The minimum absolute atomic E-state index is 0.0394. The van der Waals surface area contributed by atoms with Gasteiger partial charge in [-0.1, -0.05) is 0 Å². The van der Waals surface area contributed by atoms with E-state index < -0.39 is 5.60 Å². The first-order valence-corrected chi connectivity index (χ1v) is 5.55. The van der Waals surface area contributed by atoms with Gasteiger partial charge in [0.15, 0.2) is 0 Å². The molecular formula is C11H22N2O3. The van der Waals surface area contributed by atoms with Crippen LogP contribution in [-0.4, -0.2) is 56.0 Å². The molecule has 5 nitrogen and oxygen atoms in total. The Kier molecular flexibility index (Phi) is 4.15. The maximum absolute atomic E-state index is 11.8. The minimum atomic E-state index is -0.447. The number of likely N-dealkylation sites (tertiary alicyclic amines) is 1. The smallest absolute Gasteiger partial charge is 0.410 e. The van der Waals surface area contributed by atoms with Crippen LogP contribution in [0.25, 0.3) is 0 Å². The predicted molar refractivity (Wildman–Crippen MR) is 61.5 cm³/mol. The number of carbonyl (C=O) groups is 1. The van der Waals surface area contributed by atoms with E-state index >= 15 is 0 Å². The quantitative estimate of drug-likeness (QED) is 0.763. The van der Waals surface area contributed by atoms with Crippen molar-refractivity contribution in [3.63, 3.8) is 0 Å². The topological polar surface area (TPSA) is 50.8 Å².